The quantitative estimate of drug-likeness (QED) is 0.510. The lowest BCUT2D eigenvalue weighted by Crippen LogP contribution is -2.38. The van der Waals surface area contributed by atoms with Gasteiger partial charge in [-0.25, -0.2) is 18.3 Å². The van der Waals surface area contributed by atoms with E-state index in [0.717, 1.165) is 41.9 Å². The first-order chi connectivity index (χ1) is 14.1. The first kappa shape index (κ1) is 18.2. The van der Waals surface area contributed by atoms with Crippen LogP contribution in [0.4, 0.5) is 8.78 Å². The van der Waals surface area contributed by atoms with Crippen molar-refractivity contribution in [3.8, 4) is 0 Å². The standard InChI is InChI=1S/C21H21F2N5O/c1-13-6-7-27(10-15-8-14-4-2-3-5-19(14)29-15)11-16(13)18-9-17(20(22)23)26-21-24-12-25-28(18)21/h2-5,8-9,12-13,16,20H,6-7,10-11H2,1H3/t13-,16-/m0/s1. The van der Waals surface area contributed by atoms with E-state index >= 15 is 0 Å². The van der Waals surface area contributed by atoms with E-state index in [1.165, 1.54) is 12.4 Å². The number of halogens is 2. The second-order valence-electron chi connectivity index (χ2n) is 7.74. The van der Waals surface area contributed by atoms with Gasteiger partial charge in [0.05, 0.1) is 12.2 Å². The number of furan rings is 1. The molecule has 2 atom stereocenters. The maximum atomic E-state index is 13.4. The highest BCUT2D eigenvalue weighted by Crippen LogP contribution is 2.34. The molecule has 8 heteroatoms. The number of para-hydroxylation sites is 1. The minimum absolute atomic E-state index is 0.0535. The summed E-state index contributed by atoms with van der Waals surface area (Å²) in [5.41, 5.74) is 1.37. The Morgan fingerprint density at radius 3 is 2.93 bits per heavy atom. The van der Waals surface area contributed by atoms with Crippen molar-refractivity contribution in [1.82, 2.24) is 24.5 Å². The molecule has 0 unspecified atom stereocenters. The average Bonchev–Trinajstić information content (AvgIpc) is 3.34. The van der Waals surface area contributed by atoms with Crippen molar-refractivity contribution in [3.05, 3.63) is 59.9 Å². The van der Waals surface area contributed by atoms with Crippen LogP contribution in [-0.2, 0) is 6.54 Å². The Morgan fingerprint density at radius 2 is 2.10 bits per heavy atom. The van der Waals surface area contributed by atoms with Crippen molar-refractivity contribution < 1.29 is 13.2 Å². The lowest BCUT2D eigenvalue weighted by atomic mass is 9.84. The molecule has 6 nitrogen and oxygen atoms in total. The molecular weight excluding hydrogens is 376 g/mol. The van der Waals surface area contributed by atoms with E-state index in [1.807, 2.05) is 24.3 Å². The van der Waals surface area contributed by atoms with Crippen molar-refractivity contribution in [2.75, 3.05) is 13.1 Å². The summed E-state index contributed by atoms with van der Waals surface area (Å²) < 4.78 is 34.3. The molecule has 1 aliphatic heterocycles. The second kappa shape index (κ2) is 7.18. The largest absolute Gasteiger partial charge is 0.460 e. The molecule has 4 aromatic rings. The zero-order valence-electron chi connectivity index (χ0n) is 16.0. The summed E-state index contributed by atoms with van der Waals surface area (Å²) in [6.45, 7) is 4.52. The molecular formula is C21H21F2N5O. The highest BCUT2D eigenvalue weighted by Gasteiger charge is 2.31. The Morgan fingerprint density at radius 1 is 1.24 bits per heavy atom. The predicted octanol–water partition coefficient (Wildman–Crippen LogP) is 4.43. The van der Waals surface area contributed by atoms with Crippen molar-refractivity contribution in [2.45, 2.75) is 32.2 Å². The summed E-state index contributed by atoms with van der Waals surface area (Å²) in [4.78, 5) is 10.3. The van der Waals surface area contributed by atoms with Gasteiger partial charge < -0.3 is 4.42 Å². The smallest absolute Gasteiger partial charge is 0.280 e. The molecule has 0 spiro atoms. The highest BCUT2D eigenvalue weighted by molar-refractivity contribution is 5.77. The van der Waals surface area contributed by atoms with Crippen LogP contribution >= 0.6 is 0 Å². The summed E-state index contributed by atoms with van der Waals surface area (Å²) in [6, 6.07) is 11.5. The van der Waals surface area contributed by atoms with E-state index in [2.05, 4.69) is 33.0 Å². The monoisotopic (exact) mass is 397 g/mol. The Balaban J connectivity index is 1.44. The average molecular weight is 397 g/mol. The molecule has 1 saturated heterocycles. The van der Waals surface area contributed by atoms with E-state index in [-0.39, 0.29) is 17.4 Å². The molecule has 1 fully saturated rings. The minimum atomic E-state index is -2.64. The number of hydrogen-bond acceptors (Lipinski definition) is 5. The van der Waals surface area contributed by atoms with E-state index in [4.69, 9.17) is 4.42 Å². The molecule has 0 bridgehead atoms. The fourth-order valence-corrected chi connectivity index (χ4v) is 4.23. The fourth-order valence-electron chi connectivity index (χ4n) is 4.23. The normalized spacial score (nSPS) is 20.8. The van der Waals surface area contributed by atoms with Crippen molar-refractivity contribution >= 4 is 16.7 Å². The second-order valence-corrected chi connectivity index (χ2v) is 7.74. The molecule has 4 heterocycles. The number of benzene rings is 1. The van der Waals surface area contributed by atoms with Gasteiger partial charge in [0.2, 0.25) is 0 Å². The Bertz CT molecular complexity index is 1120. The van der Waals surface area contributed by atoms with E-state index in [1.54, 1.807) is 4.52 Å². The summed E-state index contributed by atoms with van der Waals surface area (Å²) >= 11 is 0. The first-order valence-electron chi connectivity index (χ1n) is 9.77. The molecule has 0 saturated carbocycles. The summed E-state index contributed by atoms with van der Waals surface area (Å²) in [5.74, 6) is 1.52. The molecule has 0 N–H and O–H groups in total. The maximum absolute atomic E-state index is 13.4. The SMILES string of the molecule is C[C@H]1CCN(Cc2cc3ccccc3o2)C[C@@H]1c1cc(C(F)F)nc2ncnn12. The van der Waals surface area contributed by atoms with Gasteiger partial charge in [0.1, 0.15) is 23.4 Å². The lowest BCUT2D eigenvalue weighted by molar-refractivity contribution is 0.141. The number of alkyl halides is 2. The first-order valence-corrected chi connectivity index (χ1v) is 9.77. The summed E-state index contributed by atoms with van der Waals surface area (Å²) in [5, 5.41) is 5.32. The topological polar surface area (TPSA) is 59.5 Å². The van der Waals surface area contributed by atoms with Crippen molar-refractivity contribution in [2.24, 2.45) is 5.92 Å². The third-order valence-electron chi connectivity index (χ3n) is 5.80. The van der Waals surface area contributed by atoms with E-state index in [9.17, 15) is 8.78 Å². The Labute approximate surface area is 166 Å². The van der Waals surface area contributed by atoms with Gasteiger partial charge in [0.25, 0.3) is 12.2 Å². The molecule has 29 heavy (non-hydrogen) atoms. The van der Waals surface area contributed by atoms with Gasteiger partial charge in [-0.1, -0.05) is 25.1 Å². The number of rotatable bonds is 4. The third-order valence-corrected chi connectivity index (χ3v) is 5.80. The number of likely N-dealkylation sites (tertiary alicyclic amines) is 1. The number of fused-ring (bicyclic) bond motifs is 2. The zero-order chi connectivity index (χ0) is 20.0. The molecule has 150 valence electrons. The lowest BCUT2D eigenvalue weighted by Gasteiger charge is -2.36. The van der Waals surface area contributed by atoms with Crippen LogP contribution in [0.2, 0.25) is 0 Å². The van der Waals surface area contributed by atoms with Gasteiger partial charge in [-0.05, 0) is 37.1 Å². The molecule has 5 rings (SSSR count). The van der Waals surface area contributed by atoms with Crippen LogP contribution in [0.15, 0.2) is 47.1 Å². The van der Waals surface area contributed by atoms with Gasteiger partial charge in [-0.3, -0.25) is 4.90 Å². The molecule has 1 aromatic carbocycles. The highest BCUT2D eigenvalue weighted by atomic mass is 19.3. The zero-order valence-corrected chi connectivity index (χ0v) is 16.0. The van der Waals surface area contributed by atoms with Crippen LogP contribution in [0.3, 0.4) is 0 Å². The molecule has 0 aliphatic carbocycles. The molecule has 3 aromatic heterocycles. The summed E-state index contributed by atoms with van der Waals surface area (Å²) in [6.07, 6.45) is -0.310. The van der Waals surface area contributed by atoms with Crippen LogP contribution in [0.1, 0.15) is 42.8 Å². The third kappa shape index (κ3) is 3.37. The van der Waals surface area contributed by atoms with Gasteiger partial charge in [-0.2, -0.15) is 10.1 Å². The van der Waals surface area contributed by atoms with Crippen LogP contribution < -0.4 is 0 Å². The summed E-state index contributed by atoms with van der Waals surface area (Å²) in [7, 11) is 0. The van der Waals surface area contributed by atoms with Crippen LogP contribution in [0.5, 0.6) is 0 Å². The maximum Gasteiger partial charge on any atom is 0.280 e. The van der Waals surface area contributed by atoms with Crippen LogP contribution in [0, 0.1) is 5.92 Å². The fraction of sp³-hybridized carbons (Fsp3) is 0.381. The van der Waals surface area contributed by atoms with Crippen molar-refractivity contribution in [1.29, 1.82) is 0 Å². The van der Waals surface area contributed by atoms with Gasteiger partial charge >= 0.3 is 0 Å². The number of aromatic nitrogens is 4. The van der Waals surface area contributed by atoms with Crippen molar-refractivity contribution in [3.63, 3.8) is 0 Å². The number of piperidine rings is 1. The molecule has 0 amide bonds. The van der Waals surface area contributed by atoms with E-state index in [0.29, 0.717) is 12.5 Å². The van der Waals surface area contributed by atoms with Crippen LogP contribution in [0.25, 0.3) is 16.7 Å². The van der Waals surface area contributed by atoms with E-state index < -0.39 is 6.43 Å². The van der Waals surface area contributed by atoms with Gasteiger partial charge in [0, 0.05) is 17.8 Å². The van der Waals surface area contributed by atoms with Gasteiger partial charge in [0.15, 0.2) is 0 Å². The van der Waals surface area contributed by atoms with Gasteiger partial charge in [-0.15, -0.1) is 0 Å². The van der Waals surface area contributed by atoms with Crippen LogP contribution in [-0.4, -0.2) is 37.6 Å². The molecule has 0 radical (unpaired) electrons. The number of hydrogen-bond donors (Lipinski definition) is 0. The Kier molecular flexibility index (Phi) is 4.50. The Hall–Kier alpha value is -2.87. The molecule has 1 aliphatic rings. The number of nitrogens with zero attached hydrogens (tertiary/aromatic N) is 5. The minimum Gasteiger partial charge on any atom is -0.460 e. The predicted molar refractivity (Wildman–Crippen MR) is 104 cm³/mol.